The van der Waals surface area contributed by atoms with Crippen LogP contribution < -0.4 is 5.32 Å². The van der Waals surface area contributed by atoms with Crippen molar-refractivity contribution < 1.29 is 14.3 Å². The maximum absolute atomic E-state index is 12.2. The molecule has 4 nitrogen and oxygen atoms in total. The van der Waals surface area contributed by atoms with Gasteiger partial charge in [-0.2, -0.15) is 0 Å². The third-order valence-corrected chi connectivity index (χ3v) is 5.33. The van der Waals surface area contributed by atoms with Gasteiger partial charge in [-0.3, -0.25) is 4.79 Å². The first kappa shape index (κ1) is 15.4. The average Bonchev–Trinajstić information content (AvgIpc) is 2.73. The van der Waals surface area contributed by atoms with Crippen molar-refractivity contribution in [2.24, 2.45) is 5.92 Å². The van der Waals surface area contributed by atoms with E-state index in [0.717, 1.165) is 29.2 Å². The standard InChI is InChI=1S/C17H21NO3S/c19-16-8-9-22-15-7-6-13(10-14(15)18-16)17(20)21-11-12-4-2-1-3-5-12/h6-7,10,12H,1-5,8-9,11H2,(H,18,19). The summed E-state index contributed by atoms with van der Waals surface area (Å²) in [6, 6.07) is 5.41. The van der Waals surface area contributed by atoms with Crippen LogP contribution in [0.1, 0.15) is 48.9 Å². The molecule has 118 valence electrons. The number of carbonyl (C=O) groups is 2. The Bertz CT molecular complexity index is 567. The maximum Gasteiger partial charge on any atom is 0.338 e. The van der Waals surface area contributed by atoms with Gasteiger partial charge in [-0.1, -0.05) is 19.3 Å². The number of anilines is 1. The van der Waals surface area contributed by atoms with Gasteiger partial charge in [-0.25, -0.2) is 4.79 Å². The van der Waals surface area contributed by atoms with Crippen molar-refractivity contribution in [1.82, 2.24) is 0 Å². The molecule has 5 heteroatoms. The van der Waals surface area contributed by atoms with E-state index in [-0.39, 0.29) is 11.9 Å². The number of carbonyl (C=O) groups excluding carboxylic acids is 2. The molecular formula is C17H21NO3S. The van der Waals surface area contributed by atoms with Gasteiger partial charge in [0.05, 0.1) is 17.9 Å². The monoisotopic (exact) mass is 319 g/mol. The molecule has 0 bridgehead atoms. The first-order valence-electron chi connectivity index (χ1n) is 7.96. The molecule has 1 aliphatic heterocycles. The van der Waals surface area contributed by atoms with Gasteiger partial charge in [-0.05, 0) is 37.0 Å². The van der Waals surface area contributed by atoms with E-state index in [0.29, 0.717) is 24.5 Å². The molecule has 0 unspecified atom stereocenters. The predicted molar refractivity (Wildman–Crippen MR) is 87.3 cm³/mol. The second-order valence-electron chi connectivity index (χ2n) is 5.96. The van der Waals surface area contributed by atoms with Crippen molar-refractivity contribution in [3.8, 4) is 0 Å². The van der Waals surface area contributed by atoms with Crippen LogP contribution in [-0.2, 0) is 9.53 Å². The summed E-state index contributed by atoms with van der Waals surface area (Å²) in [6.07, 6.45) is 6.59. The number of hydrogen-bond donors (Lipinski definition) is 1. The van der Waals surface area contributed by atoms with Crippen LogP contribution in [0.2, 0.25) is 0 Å². The lowest BCUT2D eigenvalue weighted by molar-refractivity contribution is -0.115. The van der Waals surface area contributed by atoms with Gasteiger partial charge in [0, 0.05) is 17.1 Å². The van der Waals surface area contributed by atoms with E-state index in [2.05, 4.69) is 5.32 Å². The lowest BCUT2D eigenvalue weighted by atomic mass is 9.90. The molecule has 3 rings (SSSR count). The molecule has 0 saturated heterocycles. The van der Waals surface area contributed by atoms with Crippen LogP contribution in [0.4, 0.5) is 5.69 Å². The molecule has 0 aromatic heterocycles. The molecule has 1 aromatic rings. The van der Waals surface area contributed by atoms with Crippen molar-refractivity contribution in [2.45, 2.75) is 43.4 Å². The average molecular weight is 319 g/mol. The Morgan fingerprint density at radius 1 is 1.27 bits per heavy atom. The van der Waals surface area contributed by atoms with E-state index in [1.165, 1.54) is 19.3 Å². The van der Waals surface area contributed by atoms with Crippen LogP contribution in [0, 0.1) is 5.92 Å². The van der Waals surface area contributed by atoms with Crippen LogP contribution in [0.15, 0.2) is 23.1 Å². The quantitative estimate of drug-likeness (QED) is 0.860. The topological polar surface area (TPSA) is 55.4 Å². The summed E-state index contributed by atoms with van der Waals surface area (Å²) in [4.78, 5) is 24.8. The van der Waals surface area contributed by atoms with Crippen LogP contribution >= 0.6 is 11.8 Å². The Morgan fingerprint density at radius 3 is 2.91 bits per heavy atom. The molecule has 1 fully saturated rings. The fourth-order valence-corrected chi connectivity index (χ4v) is 3.91. The SMILES string of the molecule is O=C1CCSc2ccc(C(=O)OCC3CCCCC3)cc2N1. The smallest absolute Gasteiger partial charge is 0.338 e. The highest BCUT2D eigenvalue weighted by Crippen LogP contribution is 2.32. The number of hydrogen-bond acceptors (Lipinski definition) is 4. The molecule has 1 aliphatic carbocycles. The van der Waals surface area contributed by atoms with Gasteiger partial charge in [0.1, 0.15) is 0 Å². The lowest BCUT2D eigenvalue weighted by Gasteiger charge is -2.21. The number of nitrogens with one attached hydrogen (secondary N) is 1. The molecule has 1 heterocycles. The summed E-state index contributed by atoms with van der Waals surface area (Å²) in [6.45, 7) is 0.511. The number of esters is 1. The number of ether oxygens (including phenoxy) is 1. The molecule has 0 spiro atoms. The number of amides is 1. The zero-order valence-electron chi connectivity index (χ0n) is 12.6. The summed E-state index contributed by atoms with van der Waals surface area (Å²) in [7, 11) is 0. The molecule has 2 aliphatic rings. The largest absolute Gasteiger partial charge is 0.462 e. The first-order chi connectivity index (χ1) is 10.7. The minimum atomic E-state index is -0.295. The van der Waals surface area contributed by atoms with E-state index in [4.69, 9.17) is 4.74 Å². The number of fused-ring (bicyclic) bond motifs is 1. The highest BCUT2D eigenvalue weighted by atomic mass is 32.2. The lowest BCUT2D eigenvalue weighted by Crippen LogP contribution is -2.17. The van der Waals surface area contributed by atoms with E-state index in [1.807, 2.05) is 6.07 Å². The minimum Gasteiger partial charge on any atom is -0.462 e. The fraction of sp³-hybridized carbons (Fsp3) is 0.529. The van der Waals surface area contributed by atoms with Crippen molar-refractivity contribution in [2.75, 3.05) is 17.7 Å². The van der Waals surface area contributed by atoms with Gasteiger partial charge >= 0.3 is 5.97 Å². The normalized spacial score (nSPS) is 19.0. The van der Waals surface area contributed by atoms with Gasteiger partial charge in [0.15, 0.2) is 0 Å². The zero-order chi connectivity index (χ0) is 15.4. The number of rotatable bonds is 3. The van der Waals surface area contributed by atoms with Crippen molar-refractivity contribution >= 4 is 29.3 Å². The Morgan fingerprint density at radius 2 is 2.09 bits per heavy atom. The Labute approximate surface area is 135 Å². The highest BCUT2D eigenvalue weighted by Gasteiger charge is 2.18. The maximum atomic E-state index is 12.2. The molecule has 1 saturated carbocycles. The van der Waals surface area contributed by atoms with Crippen molar-refractivity contribution in [3.63, 3.8) is 0 Å². The molecule has 0 radical (unpaired) electrons. The fourth-order valence-electron chi connectivity index (χ4n) is 2.98. The van der Waals surface area contributed by atoms with Crippen molar-refractivity contribution in [3.05, 3.63) is 23.8 Å². The highest BCUT2D eigenvalue weighted by molar-refractivity contribution is 7.99. The molecule has 1 aromatic carbocycles. The van der Waals surface area contributed by atoms with Gasteiger partial charge in [-0.15, -0.1) is 11.8 Å². The van der Waals surface area contributed by atoms with Crippen LogP contribution in [0.3, 0.4) is 0 Å². The summed E-state index contributed by atoms with van der Waals surface area (Å²) in [5.41, 5.74) is 1.23. The van der Waals surface area contributed by atoms with Gasteiger partial charge in [0.2, 0.25) is 5.91 Å². The number of thioether (sulfide) groups is 1. The minimum absolute atomic E-state index is 0.000951. The molecular weight excluding hydrogens is 298 g/mol. The zero-order valence-corrected chi connectivity index (χ0v) is 13.4. The van der Waals surface area contributed by atoms with E-state index in [9.17, 15) is 9.59 Å². The Kier molecular flexibility index (Phi) is 5.03. The molecule has 1 N–H and O–H groups in total. The molecule has 22 heavy (non-hydrogen) atoms. The second-order valence-corrected chi connectivity index (χ2v) is 7.10. The Balaban J connectivity index is 1.63. The second kappa shape index (κ2) is 7.18. The van der Waals surface area contributed by atoms with Crippen LogP contribution in [-0.4, -0.2) is 24.2 Å². The van der Waals surface area contributed by atoms with E-state index >= 15 is 0 Å². The van der Waals surface area contributed by atoms with Crippen LogP contribution in [0.5, 0.6) is 0 Å². The Hall–Kier alpha value is -1.49. The third kappa shape index (κ3) is 3.83. The van der Waals surface area contributed by atoms with Crippen molar-refractivity contribution in [1.29, 1.82) is 0 Å². The van der Waals surface area contributed by atoms with Gasteiger partial charge in [0.25, 0.3) is 0 Å². The summed E-state index contributed by atoms with van der Waals surface area (Å²) < 4.78 is 5.46. The summed E-state index contributed by atoms with van der Waals surface area (Å²) >= 11 is 1.63. The summed E-state index contributed by atoms with van der Waals surface area (Å²) in [5.74, 6) is 0.981. The third-order valence-electron chi connectivity index (χ3n) is 4.25. The van der Waals surface area contributed by atoms with Gasteiger partial charge < -0.3 is 10.1 Å². The summed E-state index contributed by atoms with van der Waals surface area (Å²) in [5, 5.41) is 2.86. The van der Waals surface area contributed by atoms with E-state index < -0.39 is 0 Å². The predicted octanol–water partition coefficient (Wildman–Crippen LogP) is 3.86. The first-order valence-corrected chi connectivity index (χ1v) is 8.95. The van der Waals surface area contributed by atoms with E-state index in [1.54, 1.807) is 23.9 Å². The molecule has 1 amide bonds. The number of benzene rings is 1. The van der Waals surface area contributed by atoms with Crippen LogP contribution in [0.25, 0.3) is 0 Å². The molecule has 0 atom stereocenters.